The van der Waals surface area contributed by atoms with Crippen LogP contribution in [0.15, 0.2) is 53.9 Å². The number of anilines is 1. The maximum Gasteiger partial charge on any atom is 0.266 e. The van der Waals surface area contributed by atoms with Crippen molar-refractivity contribution >= 4 is 51.9 Å². The van der Waals surface area contributed by atoms with Crippen LogP contribution >= 0.6 is 11.3 Å². The molecule has 7 nitrogen and oxygen atoms in total. The molecular weight excluding hydrogens is 446 g/mol. The van der Waals surface area contributed by atoms with Crippen LogP contribution in [0.1, 0.15) is 43.3 Å². The zero-order chi connectivity index (χ0) is 23.7. The minimum atomic E-state index is -0.194. The van der Waals surface area contributed by atoms with Crippen molar-refractivity contribution in [3.05, 3.63) is 81.2 Å². The number of nitrogens with two attached hydrogens (primary N) is 1. The second kappa shape index (κ2) is 9.24. The summed E-state index contributed by atoms with van der Waals surface area (Å²) in [6.07, 6.45) is 4.60. The SMILES string of the molecule is Cc1ccsc1C(=O)Nc1cc(C(=O)N2CC[C@@H](N)C2)ccc1C=Cc1n[nH]c2ccccc12. The van der Waals surface area contributed by atoms with E-state index in [1.54, 1.807) is 17.0 Å². The Morgan fingerprint density at radius 2 is 2.06 bits per heavy atom. The lowest BCUT2D eigenvalue weighted by molar-refractivity contribution is 0.0790. The average molecular weight is 472 g/mol. The molecule has 4 aromatic rings. The fourth-order valence-corrected chi connectivity index (χ4v) is 4.98. The Labute approximate surface area is 201 Å². The number of rotatable bonds is 5. The third-order valence-electron chi connectivity index (χ3n) is 6.05. The lowest BCUT2D eigenvalue weighted by Crippen LogP contribution is -2.31. The maximum absolute atomic E-state index is 13.0. The molecule has 0 radical (unpaired) electrons. The summed E-state index contributed by atoms with van der Waals surface area (Å²) in [6.45, 7) is 3.10. The number of amides is 2. The van der Waals surface area contributed by atoms with Crippen LogP contribution in [0.5, 0.6) is 0 Å². The number of aryl methyl sites for hydroxylation is 1. The molecule has 0 bridgehead atoms. The van der Waals surface area contributed by atoms with Gasteiger partial charge in [0.2, 0.25) is 0 Å². The van der Waals surface area contributed by atoms with E-state index < -0.39 is 0 Å². The Balaban J connectivity index is 1.48. The smallest absolute Gasteiger partial charge is 0.266 e. The molecule has 4 N–H and O–H groups in total. The highest BCUT2D eigenvalue weighted by atomic mass is 32.1. The number of aromatic nitrogens is 2. The Kier molecular flexibility index (Phi) is 6.00. The molecule has 5 rings (SSSR count). The zero-order valence-corrected chi connectivity index (χ0v) is 19.6. The van der Waals surface area contributed by atoms with Crippen LogP contribution in [-0.4, -0.2) is 46.0 Å². The number of fused-ring (bicyclic) bond motifs is 1. The van der Waals surface area contributed by atoms with Gasteiger partial charge in [0.25, 0.3) is 11.8 Å². The summed E-state index contributed by atoms with van der Waals surface area (Å²) < 4.78 is 0. The van der Waals surface area contributed by atoms with Crippen molar-refractivity contribution in [1.29, 1.82) is 0 Å². The number of carbonyl (C=O) groups excluding carboxylic acids is 2. The number of nitrogens with zero attached hydrogens (tertiary/aromatic N) is 2. The normalized spacial score (nSPS) is 15.9. The number of thiophene rings is 1. The first kappa shape index (κ1) is 22.1. The number of carbonyl (C=O) groups is 2. The van der Waals surface area contributed by atoms with E-state index >= 15 is 0 Å². The monoisotopic (exact) mass is 471 g/mol. The molecule has 8 heteroatoms. The van der Waals surface area contributed by atoms with Gasteiger partial charge >= 0.3 is 0 Å². The van der Waals surface area contributed by atoms with Crippen LogP contribution in [0.4, 0.5) is 5.69 Å². The standard InChI is InChI=1S/C26H25N5O2S/c1-16-11-13-34-24(16)25(32)28-23-14-18(26(33)31-12-10-19(27)15-31)7-6-17(23)8-9-22-20-4-2-3-5-21(20)29-30-22/h2-9,11,13-14,19H,10,12,15,27H2,1H3,(H,28,32)(H,29,30)/t19-/m1/s1. The molecule has 2 aromatic carbocycles. The Morgan fingerprint density at radius 1 is 1.21 bits per heavy atom. The lowest BCUT2D eigenvalue weighted by Gasteiger charge is -2.17. The molecule has 2 aromatic heterocycles. The number of hydrogen-bond donors (Lipinski definition) is 3. The van der Waals surface area contributed by atoms with Crippen molar-refractivity contribution in [2.45, 2.75) is 19.4 Å². The van der Waals surface area contributed by atoms with E-state index in [1.165, 1.54) is 11.3 Å². The fourth-order valence-electron chi connectivity index (χ4n) is 4.16. The average Bonchev–Trinajstić information content (AvgIpc) is 3.57. The molecule has 0 spiro atoms. The van der Waals surface area contributed by atoms with E-state index in [-0.39, 0.29) is 17.9 Å². The molecule has 1 aliphatic rings. The van der Waals surface area contributed by atoms with Gasteiger partial charge in [0, 0.05) is 35.8 Å². The van der Waals surface area contributed by atoms with Gasteiger partial charge in [-0.15, -0.1) is 11.3 Å². The third-order valence-corrected chi connectivity index (χ3v) is 7.06. The van der Waals surface area contributed by atoms with Gasteiger partial charge in [-0.25, -0.2) is 0 Å². The van der Waals surface area contributed by atoms with Gasteiger partial charge in [0.15, 0.2) is 0 Å². The van der Waals surface area contributed by atoms with Gasteiger partial charge < -0.3 is 16.0 Å². The number of H-pyrrole nitrogens is 1. The number of hydrogen-bond acceptors (Lipinski definition) is 5. The summed E-state index contributed by atoms with van der Waals surface area (Å²) in [5, 5.41) is 13.3. The minimum Gasteiger partial charge on any atom is -0.337 e. The number of benzene rings is 2. The van der Waals surface area contributed by atoms with Gasteiger partial charge in [-0.3, -0.25) is 14.7 Å². The molecule has 0 aliphatic carbocycles. The summed E-state index contributed by atoms with van der Waals surface area (Å²) in [5.74, 6) is -0.273. The number of aromatic amines is 1. The zero-order valence-electron chi connectivity index (χ0n) is 18.7. The van der Waals surface area contributed by atoms with Gasteiger partial charge in [0.1, 0.15) is 0 Å². The van der Waals surface area contributed by atoms with Crippen molar-refractivity contribution in [3.63, 3.8) is 0 Å². The van der Waals surface area contributed by atoms with Crippen LogP contribution in [0.2, 0.25) is 0 Å². The van der Waals surface area contributed by atoms with Crippen LogP contribution in [0, 0.1) is 6.92 Å². The van der Waals surface area contributed by atoms with Gasteiger partial charge in [-0.05, 0) is 60.2 Å². The number of likely N-dealkylation sites (tertiary alicyclic amines) is 1. The molecule has 0 unspecified atom stereocenters. The lowest BCUT2D eigenvalue weighted by atomic mass is 10.1. The van der Waals surface area contributed by atoms with Crippen LogP contribution in [-0.2, 0) is 0 Å². The molecule has 1 atom stereocenters. The molecule has 1 aliphatic heterocycles. The minimum absolute atomic E-state index is 0.0100. The van der Waals surface area contributed by atoms with E-state index in [4.69, 9.17) is 5.73 Å². The largest absolute Gasteiger partial charge is 0.337 e. The number of nitrogens with one attached hydrogen (secondary N) is 2. The van der Waals surface area contributed by atoms with Crippen molar-refractivity contribution in [2.24, 2.45) is 5.73 Å². The predicted octanol–water partition coefficient (Wildman–Crippen LogP) is 4.53. The highest BCUT2D eigenvalue weighted by Crippen LogP contribution is 2.26. The molecular formula is C26H25N5O2S. The highest BCUT2D eigenvalue weighted by molar-refractivity contribution is 7.12. The number of para-hydroxylation sites is 1. The first-order valence-electron chi connectivity index (χ1n) is 11.1. The molecule has 172 valence electrons. The van der Waals surface area contributed by atoms with Crippen LogP contribution < -0.4 is 11.1 Å². The second-order valence-corrected chi connectivity index (χ2v) is 9.39. The quantitative estimate of drug-likeness (QED) is 0.398. The highest BCUT2D eigenvalue weighted by Gasteiger charge is 2.25. The molecule has 1 fully saturated rings. The molecule has 34 heavy (non-hydrogen) atoms. The van der Waals surface area contributed by atoms with E-state index in [2.05, 4.69) is 15.5 Å². The predicted molar refractivity (Wildman–Crippen MR) is 137 cm³/mol. The Hall–Kier alpha value is -3.75. The Bertz CT molecular complexity index is 1400. The van der Waals surface area contributed by atoms with Crippen molar-refractivity contribution in [1.82, 2.24) is 15.1 Å². The van der Waals surface area contributed by atoms with Gasteiger partial charge in [-0.1, -0.05) is 30.3 Å². The summed E-state index contributed by atoms with van der Waals surface area (Å²) in [6, 6.07) is 15.2. The van der Waals surface area contributed by atoms with Crippen LogP contribution in [0.3, 0.4) is 0 Å². The summed E-state index contributed by atoms with van der Waals surface area (Å²) >= 11 is 1.39. The third kappa shape index (κ3) is 4.37. The van der Waals surface area contributed by atoms with Gasteiger partial charge in [-0.2, -0.15) is 5.10 Å². The summed E-state index contributed by atoms with van der Waals surface area (Å²) in [4.78, 5) is 28.4. The first-order chi connectivity index (χ1) is 16.5. The van der Waals surface area contributed by atoms with Crippen molar-refractivity contribution < 1.29 is 9.59 Å². The fraction of sp³-hybridized carbons (Fsp3) is 0.192. The van der Waals surface area contributed by atoms with Gasteiger partial charge in [0.05, 0.1) is 16.1 Å². The van der Waals surface area contributed by atoms with E-state index in [9.17, 15) is 9.59 Å². The summed E-state index contributed by atoms with van der Waals surface area (Å²) in [5.41, 5.74) is 10.5. The molecule has 2 amide bonds. The molecule has 3 heterocycles. The maximum atomic E-state index is 13.0. The second-order valence-electron chi connectivity index (χ2n) is 8.48. The van der Waals surface area contributed by atoms with E-state index in [0.717, 1.165) is 34.1 Å². The van der Waals surface area contributed by atoms with Crippen LogP contribution in [0.25, 0.3) is 23.1 Å². The molecule has 0 saturated carbocycles. The van der Waals surface area contributed by atoms with Crippen molar-refractivity contribution in [3.8, 4) is 0 Å². The topological polar surface area (TPSA) is 104 Å². The van der Waals surface area contributed by atoms with Crippen molar-refractivity contribution in [2.75, 3.05) is 18.4 Å². The van der Waals surface area contributed by atoms with E-state index in [1.807, 2.05) is 60.9 Å². The van der Waals surface area contributed by atoms with E-state index in [0.29, 0.717) is 29.2 Å². The Morgan fingerprint density at radius 3 is 2.82 bits per heavy atom. The first-order valence-corrected chi connectivity index (χ1v) is 12.0. The summed E-state index contributed by atoms with van der Waals surface area (Å²) in [7, 11) is 0. The molecule has 1 saturated heterocycles.